The fraction of sp³-hybridized carbons (Fsp3) is 0.211. The molecule has 2 N–H and O–H groups in total. The second-order valence-corrected chi connectivity index (χ2v) is 6.15. The summed E-state index contributed by atoms with van der Waals surface area (Å²) in [5.41, 5.74) is 7.14. The summed E-state index contributed by atoms with van der Waals surface area (Å²) in [4.78, 5) is 40.4. The molecular formula is C19H17N3O4. The molecule has 4 rings (SSSR count). The zero-order valence-corrected chi connectivity index (χ0v) is 14.0. The van der Waals surface area contributed by atoms with E-state index in [9.17, 15) is 14.4 Å². The molecule has 0 atom stereocenters. The van der Waals surface area contributed by atoms with Gasteiger partial charge in [-0.2, -0.15) is 0 Å². The molecule has 0 radical (unpaired) electrons. The van der Waals surface area contributed by atoms with Crippen LogP contribution < -0.4 is 15.5 Å². The third kappa shape index (κ3) is 2.53. The number of ether oxygens (including phenoxy) is 1. The number of rotatable bonds is 3. The lowest BCUT2D eigenvalue weighted by atomic mass is 10.0. The standard InChI is InChI=1S/C19H17N3O4/c20-17(23)14-2-1-3-15-16(14)19(25)22(18(15)24)13-6-4-12(5-7-13)21-8-10-26-11-9-21/h1-7H,8-11H2,(H2,20,23). The van der Waals surface area contributed by atoms with Crippen molar-refractivity contribution < 1.29 is 19.1 Å². The van der Waals surface area contributed by atoms with Crippen molar-refractivity contribution in [3.8, 4) is 0 Å². The molecule has 3 amide bonds. The van der Waals surface area contributed by atoms with Crippen molar-refractivity contribution in [1.29, 1.82) is 0 Å². The molecule has 2 heterocycles. The predicted octanol–water partition coefficient (Wildman–Crippen LogP) is 1.42. The fourth-order valence-corrected chi connectivity index (χ4v) is 3.36. The van der Waals surface area contributed by atoms with E-state index in [4.69, 9.17) is 10.5 Å². The highest BCUT2D eigenvalue weighted by Crippen LogP contribution is 2.31. The minimum Gasteiger partial charge on any atom is -0.378 e. The van der Waals surface area contributed by atoms with Crippen molar-refractivity contribution in [2.45, 2.75) is 0 Å². The Hall–Kier alpha value is -3.19. The van der Waals surface area contributed by atoms with Crippen LogP contribution in [-0.2, 0) is 4.74 Å². The van der Waals surface area contributed by atoms with Crippen molar-refractivity contribution in [2.75, 3.05) is 36.1 Å². The molecule has 132 valence electrons. The summed E-state index contributed by atoms with van der Waals surface area (Å²) in [7, 11) is 0. The monoisotopic (exact) mass is 351 g/mol. The molecule has 2 aliphatic rings. The van der Waals surface area contributed by atoms with E-state index < -0.39 is 17.7 Å². The summed E-state index contributed by atoms with van der Waals surface area (Å²) in [6, 6.07) is 11.8. The van der Waals surface area contributed by atoms with Gasteiger partial charge in [-0.15, -0.1) is 0 Å². The first-order valence-electron chi connectivity index (χ1n) is 8.32. The zero-order valence-electron chi connectivity index (χ0n) is 14.0. The number of nitrogens with zero attached hydrogens (tertiary/aromatic N) is 2. The van der Waals surface area contributed by atoms with Crippen molar-refractivity contribution in [1.82, 2.24) is 0 Å². The van der Waals surface area contributed by atoms with Gasteiger partial charge in [-0.1, -0.05) is 6.07 Å². The highest BCUT2D eigenvalue weighted by atomic mass is 16.5. The average molecular weight is 351 g/mol. The maximum Gasteiger partial charge on any atom is 0.266 e. The van der Waals surface area contributed by atoms with Crippen LogP contribution in [0, 0.1) is 0 Å². The Bertz CT molecular complexity index is 902. The quantitative estimate of drug-likeness (QED) is 0.844. The number of morpholine rings is 1. The Labute approximate surface area is 149 Å². The van der Waals surface area contributed by atoms with Gasteiger partial charge in [0, 0.05) is 18.8 Å². The Balaban J connectivity index is 1.66. The van der Waals surface area contributed by atoms with E-state index in [1.165, 1.54) is 12.1 Å². The zero-order chi connectivity index (χ0) is 18.3. The molecule has 1 saturated heterocycles. The average Bonchev–Trinajstić information content (AvgIpc) is 2.93. The van der Waals surface area contributed by atoms with E-state index in [2.05, 4.69) is 4.90 Å². The van der Waals surface area contributed by atoms with Crippen LogP contribution in [0.25, 0.3) is 0 Å². The number of primary amides is 1. The van der Waals surface area contributed by atoms with Crippen LogP contribution in [0.5, 0.6) is 0 Å². The number of carbonyl (C=O) groups excluding carboxylic acids is 3. The highest BCUT2D eigenvalue weighted by molar-refractivity contribution is 6.36. The third-order valence-electron chi connectivity index (χ3n) is 4.66. The Morgan fingerprint density at radius 1 is 0.923 bits per heavy atom. The maximum atomic E-state index is 12.8. The van der Waals surface area contributed by atoms with Crippen LogP contribution in [0.3, 0.4) is 0 Å². The van der Waals surface area contributed by atoms with Crippen LogP contribution >= 0.6 is 0 Å². The Morgan fingerprint density at radius 3 is 2.23 bits per heavy atom. The van der Waals surface area contributed by atoms with E-state index in [1.54, 1.807) is 18.2 Å². The lowest BCUT2D eigenvalue weighted by Gasteiger charge is -2.29. The minimum absolute atomic E-state index is 0.0632. The molecule has 2 aromatic rings. The predicted molar refractivity (Wildman–Crippen MR) is 95.6 cm³/mol. The van der Waals surface area contributed by atoms with Crippen LogP contribution in [-0.4, -0.2) is 44.0 Å². The third-order valence-corrected chi connectivity index (χ3v) is 4.66. The molecule has 2 aromatic carbocycles. The summed E-state index contributed by atoms with van der Waals surface area (Å²) in [5.74, 6) is -1.71. The van der Waals surface area contributed by atoms with Gasteiger partial charge < -0.3 is 15.4 Å². The normalized spacial score (nSPS) is 16.8. The van der Waals surface area contributed by atoms with Gasteiger partial charge in [-0.3, -0.25) is 14.4 Å². The number of benzene rings is 2. The van der Waals surface area contributed by atoms with Gasteiger partial charge in [0.05, 0.1) is 35.6 Å². The summed E-state index contributed by atoms with van der Waals surface area (Å²) in [6.07, 6.45) is 0. The first-order chi connectivity index (χ1) is 12.6. The molecule has 0 aliphatic carbocycles. The lowest BCUT2D eigenvalue weighted by molar-refractivity contribution is 0.0918. The van der Waals surface area contributed by atoms with Crippen LogP contribution in [0.4, 0.5) is 11.4 Å². The number of hydrogen-bond donors (Lipinski definition) is 1. The largest absolute Gasteiger partial charge is 0.378 e. The Kier molecular flexibility index (Phi) is 3.93. The van der Waals surface area contributed by atoms with Gasteiger partial charge in [-0.05, 0) is 36.4 Å². The SMILES string of the molecule is NC(=O)c1cccc2c1C(=O)N(c1ccc(N3CCOCC3)cc1)C2=O. The second-order valence-electron chi connectivity index (χ2n) is 6.15. The van der Waals surface area contributed by atoms with Crippen molar-refractivity contribution in [3.63, 3.8) is 0 Å². The summed E-state index contributed by atoms with van der Waals surface area (Å²) >= 11 is 0. The summed E-state index contributed by atoms with van der Waals surface area (Å²) in [5, 5.41) is 0. The maximum absolute atomic E-state index is 12.8. The molecule has 0 spiro atoms. The van der Waals surface area contributed by atoms with E-state index in [0.29, 0.717) is 18.9 Å². The first kappa shape index (κ1) is 16.3. The van der Waals surface area contributed by atoms with Crippen LogP contribution in [0.2, 0.25) is 0 Å². The molecule has 1 fully saturated rings. The summed E-state index contributed by atoms with van der Waals surface area (Å²) in [6.45, 7) is 2.95. The first-order valence-corrected chi connectivity index (χ1v) is 8.32. The van der Waals surface area contributed by atoms with Crippen molar-refractivity contribution in [3.05, 3.63) is 59.2 Å². The number of amides is 3. The number of fused-ring (bicyclic) bond motifs is 1. The highest BCUT2D eigenvalue weighted by Gasteiger charge is 2.39. The van der Waals surface area contributed by atoms with E-state index in [-0.39, 0.29) is 16.7 Å². The van der Waals surface area contributed by atoms with Gasteiger partial charge in [0.15, 0.2) is 0 Å². The molecule has 0 bridgehead atoms. The van der Waals surface area contributed by atoms with Gasteiger partial charge in [-0.25, -0.2) is 4.90 Å². The lowest BCUT2D eigenvalue weighted by Crippen LogP contribution is -2.36. The molecule has 0 saturated carbocycles. The molecule has 7 heteroatoms. The number of anilines is 2. The molecular weight excluding hydrogens is 334 g/mol. The van der Waals surface area contributed by atoms with Crippen molar-refractivity contribution >= 4 is 29.1 Å². The van der Waals surface area contributed by atoms with Gasteiger partial charge in [0.1, 0.15) is 0 Å². The molecule has 0 unspecified atom stereocenters. The Morgan fingerprint density at radius 2 is 1.58 bits per heavy atom. The number of hydrogen-bond acceptors (Lipinski definition) is 5. The molecule has 0 aromatic heterocycles. The topological polar surface area (TPSA) is 92.9 Å². The van der Waals surface area contributed by atoms with Gasteiger partial charge in [0.2, 0.25) is 5.91 Å². The van der Waals surface area contributed by atoms with E-state index in [1.807, 2.05) is 12.1 Å². The van der Waals surface area contributed by atoms with Crippen LogP contribution in [0.1, 0.15) is 31.1 Å². The fourth-order valence-electron chi connectivity index (χ4n) is 3.36. The number of imide groups is 1. The molecule has 7 nitrogen and oxygen atoms in total. The minimum atomic E-state index is -0.729. The van der Waals surface area contributed by atoms with E-state index in [0.717, 1.165) is 23.7 Å². The number of carbonyl (C=O) groups is 3. The summed E-state index contributed by atoms with van der Waals surface area (Å²) < 4.78 is 5.34. The molecule has 26 heavy (non-hydrogen) atoms. The second kappa shape index (κ2) is 6.27. The van der Waals surface area contributed by atoms with Gasteiger partial charge in [0.25, 0.3) is 11.8 Å². The van der Waals surface area contributed by atoms with Gasteiger partial charge >= 0.3 is 0 Å². The number of nitrogens with two attached hydrogens (primary N) is 1. The van der Waals surface area contributed by atoms with Crippen molar-refractivity contribution in [2.24, 2.45) is 5.73 Å². The van der Waals surface area contributed by atoms with Crippen LogP contribution in [0.15, 0.2) is 42.5 Å². The smallest absolute Gasteiger partial charge is 0.266 e. The van der Waals surface area contributed by atoms with E-state index >= 15 is 0 Å². The molecule has 2 aliphatic heterocycles.